The molecule has 1 heterocycles. The van der Waals surface area contributed by atoms with Crippen molar-refractivity contribution in [2.45, 2.75) is 17.1 Å². The molecular weight excluding hydrogens is 621 g/mol. The first-order chi connectivity index (χ1) is 22.2. The van der Waals surface area contributed by atoms with Crippen LogP contribution >= 0.6 is 23.1 Å². The first-order valence-corrected chi connectivity index (χ1v) is 15.6. The van der Waals surface area contributed by atoms with Crippen LogP contribution in [0.15, 0.2) is 114 Å². The van der Waals surface area contributed by atoms with E-state index in [1.165, 1.54) is 23.9 Å². The van der Waals surface area contributed by atoms with Crippen LogP contribution in [0, 0.1) is 18.3 Å². The Kier molecular flexibility index (Phi) is 9.92. The summed E-state index contributed by atoms with van der Waals surface area (Å²) in [5.74, 6) is -2.59. The van der Waals surface area contributed by atoms with Crippen molar-refractivity contribution in [3.8, 4) is 6.07 Å². The van der Waals surface area contributed by atoms with Crippen molar-refractivity contribution < 1.29 is 24.3 Å². The van der Waals surface area contributed by atoms with Crippen LogP contribution in [0.1, 0.15) is 52.3 Å². The summed E-state index contributed by atoms with van der Waals surface area (Å²) in [5, 5.41) is 27.3. The average molecular weight is 647 g/mol. The van der Waals surface area contributed by atoms with Crippen LogP contribution < -0.4 is 16.0 Å². The van der Waals surface area contributed by atoms with Gasteiger partial charge in [-0.05, 0) is 60.5 Å². The molecular formula is C35H26N4O5S2. The van der Waals surface area contributed by atoms with Crippen LogP contribution in [-0.2, 0) is 4.79 Å². The van der Waals surface area contributed by atoms with E-state index in [1.54, 1.807) is 67.6 Å². The van der Waals surface area contributed by atoms with Gasteiger partial charge in [0.2, 0.25) is 5.91 Å². The number of hydrogen-bond acceptors (Lipinski definition) is 7. The third-order valence-corrected chi connectivity index (χ3v) is 9.28. The zero-order valence-corrected chi connectivity index (χ0v) is 25.9. The van der Waals surface area contributed by atoms with E-state index >= 15 is 0 Å². The minimum atomic E-state index is -1.21. The Balaban J connectivity index is 1.38. The van der Waals surface area contributed by atoms with Gasteiger partial charge in [-0.2, -0.15) is 5.26 Å². The molecule has 9 nitrogen and oxygen atoms in total. The molecule has 1 aromatic heterocycles. The third-order valence-electron chi connectivity index (χ3n) is 6.82. The number of benzene rings is 4. The standard InChI is InChI=1S/C35H26N4O5S2/c1-21-28(20-36)34(46-29(21)32(41)37-23-13-6-3-7-14-23)39-33(42)30(22-11-4-2-5-12-22)45-25-16-10-15-24(19-25)38-31(40)26-17-8-9-18-27(26)35(43)44/h2-19,30H,1H3,(H,37,41)(H,38,40)(H,39,42)(H,43,44). The number of carbonyl (C=O) groups excluding carboxylic acids is 3. The van der Waals surface area contributed by atoms with E-state index in [-0.39, 0.29) is 27.6 Å². The van der Waals surface area contributed by atoms with E-state index in [0.717, 1.165) is 11.3 Å². The van der Waals surface area contributed by atoms with E-state index in [1.807, 2.05) is 36.4 Å². The molecule has 1 unspecified atom stereocenters. The Bertz CT molecular complexity index is 1970. The van der Waals surface area contributed by atoms with Crippen molar-refractivity contribution in [1.82, 2.24) is 0 Å². The molecule has 0 saturated carbocycles. The number of nitriles is 1. The zero-order valence-electron chi connectivity index (χ0n) is 24.3. The monoisotopic (exact) mass is 646 g/mol. The minimum absolute atomic E-state index is 0.0194. The summed E-state index contributed by atoms with van der Waals surface area (Å²) < 4.78 is 0. The lowest BCUT2D eigenvalue weighted by Gasteiger charge is -2.17. The van der Waals surface area contributed by atoms with E-state index in [4.69, 9.17) is 0 Å². The lowest BCUT2D eigenvalue weighted by molar-refractivity contribution is -0.115. The Hall–Kier alpha value is -5.70. The molecule has 0 aliphatic carbocycles. The highest BCUT2D eigenvalue weighted by Gasteiger charge is 2.27. The van der Waals surface area contributed by atoms with Crippen molar-refractivity contribution in [1.29, 1.82) is 5.26 Å². The number of nitrogens with zero attached hydrogens (tertiary/aromatic N) is 1. The van der Waals surface area contributed by atoms with Crippen molar-refractivity contribution in [2.75, 3.05) is 16.0 Å². The Morgan fingerprint density at radius 2 is 1.37 bits per heavy atom. The van der Waals surface area contributed by atoms with Crippen molar-refractivity contribution in [2.24, 2.45) is 0 Å². The molecule has 1 atom stereocenters. The van der Waals surface area contributed by atoms with Gasteiger partial charge < -0.3 is 21.1 Å². The van der Waals surface area contributed by atoms with Gasteiger partial charge in [0.1, 0.15) is 16.3 Å². The van der Waals surface area contributed by atoms with E-state index in [0.29, 0.717) is 32.3 Å². The summed E-state index contributed by atoms with van der Waals surface area (Å²) in [6.45, 7) is 1.67. The highest BCUT2D eigenvalue weighted by atomic mass is 32.2. The number of nitrogens with one attached hydrogen (secondary N) is 3. The fourth-order valence-corrected chi connectivity index (χ4v) is 6.73. The van der Waals surface area contributed by atoms with Gasteiger partial charge in [0.25, 0.3) is 11.8 Å². The lowest BCUT2D eigenvalue weighted by Crippen LogP contribution is -2.19. The topological polar surface area (TPSA) is 148 Å². The summed E-state index contributed by atoms with van der Waals surface area (Å²) >= 11 is 2.26. The molecule has 46 heavy (non-hydrogen) atoms. The van der Waals surface area contributed by atoms with Gasteiger partial charge >= 0.3 is 5.97 Å². The summed E-state index contributed by atoms with van der Waals surface area (Å²) in [6, 6.07) is 32.9. The number of anilines is 3. The van der Waals surface area contributed by atoms with Crippen molar-refractivity contribution >= 4 is 63.2 Å². The minimum Gasteiger partial charge on any atom is -0.478 e. The van der Waals surface area contributed by atoms with Gasteiger partial charge in [-0.1, -0.05) is 66.7 Å². The fourth-order valence-electron chi connectivity index (χ4n) is 4.59. The van der Waals surface area contributed by atoms with Gasteiger partial charge in [-0.15, -0.1) is 23.1 Å². The summed E-state index contributed by atoms with van der Waals surface area (Å²) in [7, 11) is 0. The van der Waals surface area contributed by atoms with Gasteiger partial charge in [0, 0.05) is 16.3 Å². The number of amides is 3. The SMILES string of the molecule is Cc1c(C(=O)Nc2ccccc2)sc(NC(=O)C(Sc2cccc(NC(=O)c3ccccc3C(=O)O)c2)c2ccccc2)c1C#N. The molecule has 4 aromatic carbocycles. The van der Waals surface area contributed by atoms with Crippen molar-refractivity contribution in [3.63, 3.8) is 0 Å². The fraction of sp³-hybridized carbons (Fsp3) is 0.0571. The number of aromatic carboxylic acids is 1. The number of para-hydroxylation sites is 1. The van der Waals surface area contributed by atoms with Crippen LogP contribution in [-0.4, -0.2) is 28.8 Å². The largest absolute Gasteiger partial charge is 0.478 e. The smallest absolute Gasteiger partial charge is 0.336 e. The van der Waals surface area contributed by atoms with E-state index < -0.39 is 23.0 Å². The second kappa shape index (κ2) is 14.4. The van der Waals surface area contributed by atoms with Crippen LogP contribution in [0.2, 0.25) is 0 Å². The zero-order chi connectivity index (χ0) is 32.6. The normalized spacial score (nSPS) is 11.1. The van der Waals surface area contributed by atoms with Gasteiger partial charge in [-0.3, -0.25) is 14.4 Å². The molecule has 0 aliphatic rings. The Labute approximate surface area is 272 Å². The average Bonchev–Trinajstić information content (AvgIpc) is 3.38. The maximum Gasteiger partial charge on any atom is 0.336 e. The Morgan fingerprint density at radius 1 is 0.761 bits per heavy atom. The maximum absolute atomic E-state index is 13.9. The molecule has 0 spiro atoms. The van der Waals surface area contributed by atoms with Gasteiger partial charge in [-0.25, -0.2) is 4.79 Å². The van der Waals surface area contributed by atoms with Crippen LogP contribution in [0.4, 0.5) is 16.4 Å². The van der Waals surface area contributed by atoms with E-state index in [2.05, 4.69) is 22.0 Å². The molecule has 0 bridgehead atoms. The first kappa shape index (κ1) is 31.7. The summed E-state index contributed by atoms with van der Waals surface area (Å²) in [6.07, 6.45) is 0. The molecule has 0 radical (unpaired) electrons. The first-order valence-electron chi connectivity index (χ1n) is 13.9. The molecule has 5 rings (SSSR count). The second-order valence-electron chi connectivity index (χ2n) is 9.92. The molecule has 0 saturated heterocycles. The molecule has 3 amide bonds. The second-order valence-corrected chi connectivity index (χ2v) is 12.1. The number of thioether (sulfide) groups is 1. The number of hydrogen-bond donors (Lipinski definition) is 4. The van der Waals surface area contributed by atoms with Crippen LogP contribution in [0.25, 0.3) is 0 Å². The predicted octanol–water partition coefficient (Wildman–Crippen LogP) is 7.60. The highest BCUT2D eigenvalue weighted by Crippen LogP contribution is 2.39. The third kappa shape index (κ3) is 7.32. The quantitative estimate of drug-likeness (QED) is 0.114. The summed E-state index contributed by atoms with van der Waals surface area (Å²) in [4.78, 5) is 52.4. The van der Waals surface area contributed by atoms with Crippen LogP contribution in [0.3, 0.4) is 0 Å². The highest BCUT2D eigenvalue weighted by molar-refractivity contribution is 8.00. The molecule has 4 N–H and O–H groups in total. The number of carboxylic acids is 1. The molecule has 228 valence electrons. The van der Waals surface area contributed by atoms with Crippen LogP contribution in [0.5, 0.6) is 0 Å². The number of rotatable bonds is 10. The Morgan fingerprint density at radius 3 is 2.04 bits per heavy atom. The lowest BCUT2D eigenvalue weighted by atomic mass is 10.1. The number of thiophene rings is 1. The molecule has 0 fully saturated rings. The predicted molar refractivity (Wildman–Crippen MR) is 180 cm³/mol. The number of carboxylic acid groups (broad SMARTS) is 1. The maximum atomic E-state index is 13.9. The van der Waals surface area contributed by atoms with Gasteiger partial charge in [0.05, 0.1) is 21.6 Å². The molecule has 5 aromatic rings. The van der Waals surface area contributed by atoms with Gasteiger partial charge in [0.15, 0.2) is 0 Å². The number of carbonyl (C=O) groups is 4. The van der Waals surface area contributed by atoms with E-state index in [9.17, 15) is 29.5 Å². The summed E-state index contributed by atoms with van der Waals surface area (Å²) in [5.41, 5.74) is 2.29. The molecule has 0 aliphatic heterocycles. The molecule has 11 heteroatoms. The van der Waals surface area contributed by atoms with Crippen molar-refractivity contribution in [3.05, 3.63) is 142 Å².